The number of hydrogen-bond donors (Lipinski definition) is 1. The summed E-state index contributed by atoms with van der Waals surface area (Å²) < 4.78 is 42.0. The van der Waals surface area contributed by atoms with Gasteiger partial charge in [0, 0.05) is 24.7 Å². The molecule has 0 aliphatic carbocycles. The van der Waals surface area contributed by atoms with Gasteiger partial charge in [0.1, 0.15) is 22.1 Å². The minimum atomic E-state index is -4.36. The van der Waals surface area contributed by atoms with E-state index < -0.39 is 39.3 Å². The van der Waals surface area contributed by atoms with Crippen LogP contribution in [0.1, 0.15) is 58.2 Å². The van der Waals surface area contributed by atoms with Crippen molar-refractivity contribution in [2.24, 2.45) is 0 Å². The SMILES string of the molecule is CC(C)(C)OC(=O)NCc1ccccc1CN([C@H](Cc1ccccc1)C(=O)OC(C)(C)C)S(=O)(=O)c1cccc2cccnc12. The van der Waals surface area contributed by atoms with Gasteiger partial charge in [-0.2, -0.15) is 4.31 Å². The Morgan fingerprint density at radius 2 is 1.42 bits per heavy atom. The van der Waals surface area contributed by atoms with Gasteiger partial charge in [-0.15, -0.1) is 0 Å². The van der Waals surface area contributed by atoms with E-state index in [1.807, 2.05) is 30.3 Å². The molecular weight excluding hydrogens is 590 g/mol. The van der Waals surface area contributed by atoms with Gasteiger partial charge < -0.3 is 14.8 Å². The topological polar surface area (TPSA) is 115 Å². The largest absolute Gasteiger partial charge is 0.459 e. The zero-order chi connectivity index (χ0) is 32.8. The average Bonchev–Trinajstić information content (AvgIpc) is 2.96. The van der Waals surface area contributed by atoms with Crippen molar-refractivity contribution in [2.45, 2.75) is 83.2 Å². The van der Waals surface area contributed by atoms with Crippen molar-refractivity contribution < 1.29 is 27.5 Å². The van der Waals surface area contributed by atoms with Crippen LogP contribution in [0.25, 0.3) is 10.9 Å². The normalized spacial score (nSPS) is 13.0. The van der Waals surface area contributed by atoms with E-state index >= 15 is 0 Å². The minimum Gasteiger partial charge on any atom is -0.459 e. The minimum absolute atomic E-state index is 0.0217. The standard InChI is InChI=1S/C35H41N3O6S/c1-34(2,3)43-32(39)29(22-25-14-8-7-9-15-25)38(45(41,42)30-20-12-18-26-19-13-21-36-31(26)30)24-28-17-11-10-16-27(28)23-37-33(40)44-35(4,5)6/h7-21,29H,22-24H2,1-6H3,(H,37,40)/t29-/m1/s1. The first-order valence-electron chi connectivity index (χ1n) is 14.8. The Kier molecular flexibility index (Phi) is 10.3. The molecule has 0 aliphatic rings. The fourth-order valence-corrected chi connectivity index (χ4v) is 6.54. The molecule has 0 saturated heterocycles. The second kappa shape index (κ2) is 13.8. The molecule has 0 bridgehead atoms. The van der Waals surface area contributed by atoms with Gasteiger partial charge in [-0.3, -0.25) is 9.78 Å². The molecule has 0 aliphatic heterocycles. The lowest BCUT2D eigenvalue weighted by Gasteiger charge is -2.32. The summed E-state index contributed by atoms with van der Waals surface area (Å²) in [5.41, 5.74) is 0.794. The number of fused-ring (bicyclic) bond motifs is 1. The summed E-state index contributed by atoms with van der Waals surface area (Å²) >= 11 is 0. The van der Waals surface area contributed by atoms with Crippen LogP contribution in [0.15, 0.2) is 96.0 Å². The molecule has 0 fully saturated rings. The maximum absolute atomic E-state index is 14.8. The van der Waals surface area contributed by atoms with Gasteiger partial charge in [-0.25, -0.2) is 13.2 Å². The first-order valence-corrected chi connectivity index (χ1v) is 16.2. The van der Waals surface area contributed by atoms with Crippen LogP contribution >= 0.6 is 0 Å². The molecule has 1 atom stereocenters. The summed E-state index contributed by atoms with van der Waals surface area (Å²) in [5.74, 6) is -0.674. The second-order valence-electron chi connectivity index (χ2n) is 12.7. The number of benzene rings is 3. The first-order chi connectivity index (χ1) is 21.1. The Hall–Kier alpha value is -4.28. The van der Waals surface area contributed by atoms with Crippen molar-refractivity contribution in [3.8, 4) is 0 Å². The third-order valence-corrected chi connectivity index (χ3v) is 8.63. The lowest BCUT2D eigenvalue weighted by atomic mass is 10.0. The van der Waals surface area contributed by atoms with Crippen LogP contribution in [-0.4, -0.2) is 47.0 Å². The van der Waals surface area contributed by atoms with Crippen LogP contribution in [0.5, 0.6) is 0 Å². The number of carbonyl (C=O) groups is 2. The highest BCUT2D eigenvalue weighted by Gasteiger charge is 2.40. The number of hydrogen-bond acceptors (Lipinski definition) is 7. The molecule has 1 amide bonds. The van der Waals surface area contributed by atoms with Crippen molar-refractivity contribution >= 4 is 33.0 Å². The maximum atomic E-state index is 14.8. The van der Waals surface area contributed by atoms with Crippen molar-refractivity contribution in [3.63, 3.8) is 0 Å². The summed E-state index contributed by atoms with van der Waals surface area (Å²) in [6, 6.07) is 23.7. The number of aromatic nitrogens is 1. The highest BCUT2D eigenvalue weighted by Crippen LogP contribution is 2.30. The molecule has 4 rings (SSSR count). The number of ether oxygens (including phenoxy) is 2. The van der Waals surface area contributed by atoms with Gasteiger partial charge in [0.25, 0.3) is 0 Å². The molecule has 4 aromatic rings. The molecule has 0 radical (unpaired) electrons. The van der Waals surface area contributed by atoms with Gasteiger partial charge in [0.15, 0.2) is 0 Å². The van der Waals surface area contributed by atoms with E-state index in [1.165, 1.54) is 10.4 Å². The molecular formula is C35H41N3O6S. The van der Waals surface area contributed by atoms with Gasteiger partial charge in [0.2, 0.25) is 10.0 Å². The van der Waals surface area contributed by atoms with Crippen molar-refractivity contribution in [3.05, 3.63) is 108 Å². The first kappa shape index (κ1) is 33.6. The molecule has 10 heteroatoms. The van der Waals surface area contributed by atoms with Crippen LogP contribution in [0, 0.1) is 0 Å². The summed E-state index contributed by atoms with van der Waals surface area (Å²) in [6.07, 6.45) is 1.02. The number of sulfonamides is 1. The Balaban J connectivity index is 1.84. The predicted molar refractivity (Wildman–Crippen MR) is 174 cm³/mol. The number of amides is 1. The third kappa shape index (κ3) is 9.12. The lowest BCUT2D eigenvalue weighted by molar-refractivity contribution is -0.159. The molecule has 9 nitrogen and oxygen atoms in total. The number of nitrogens with zero attached hydrogens (tertiary/aromatic N) is 2. The third-order valence-electron chi connectivity index (χ3n) is 6.75. The average molecular weight is 632 g/mol. The number of nitrogens with one attached hydrogen (secondary N) is 1. The predicted octanol–water partition coefficient (Wildman–Crippen LogP) is 6.40. The summed E-state index contributed by atoms with van der Waals surface area (Å²) in [5, 5.41) is 3.41. The van der Waals surface area contributed by atoms with E-state index in [-0.39, 0.29) is 24.4 Å². The number of esters is 1. The van der Waals surface area contributed by atoms with Crippen molar-refractivity contribution in [1.29, 1.82) is 0 Å². The van der Waals surface area contributed by atoms with Gasteiger partial charge in [0.05, 0.1) is 5.52 Å². The molecule has 45 heavy (non-hydrogen) atoms. The lowest BCUT2D eigenvalue weighted by Crippen LogP contribution is -2.48. The molecule has 0 unspecified atom stereocenters. The highest BCUT2D eigenvalue weighted by molar-refractivity contribution is 7.89. The maximum Gasteiger partial charge on any atom is 0.407 e. The zero-order valence-electron chi connectivity index (χ0n) is 26.6. The van der Waals surface area contributed by atoms with Crippen molar-refractivity contribution in [1.82, 2.24) is 14.6 Å². The number of para-hydroxylation sites is 1. The van der Waals surface area contributed by atoms with Crippen LogP contribution in [0.2, 0.25) is 0 Å². The number of rotatable bonds is 10. The number of alkyl carbamates (subject to hydrolysis) is 1. The Bertz CT molecular complexity index is 1740. The molecule has 3 aromatic carbocycles. The molecule has 238 valence electrons. The fourth-order valence-electron chi connectivity index (χ4n) is 4.82. The van der Waals surface area contributed by atoms with Gasteiger partial charge in [-0.05, 0) is 76.8 Å². The van der Waals surface area contributed by atoms with Crippen LogP contribution in [-0.2, 0) is 43.8 Å². The highest BCUT2D eigenvalue weighted by atomic mass is 32.2. The summed E-state index contributed by atoms with van der Waals surface area (Å²) in [4.78, 5) is 30.8. The Labute approximate surface area is 265 Å². The van der Waals surface area contributed by atoms with Crippen LogP contribution < -0.4 is 5.32 Å². The Morgan fingerprint density at radius 3 is 2.09 bits per heavy atom. The summed E-state index contributed by atoms with van der Waals surface area (Å²) in [6.45, 7) is 10.5. The quantitative estimate of drug-likeness (QED) is 0.201. The van der Waals surface area contributed by atoms with E-state index in [0.29, 0.717) is 22.0 Å². The molecule has 0 spiro atoms. The van der Waals surface area contributed by atoms with E-state index in [1.54, 1.807) is 96.3 Å². The monoisotopic (exact) mass is 631 g/mol. The van der Waals surface area contributed by atoms with E-state index in [2.05, 4.69) is 10.3 Å². The molecule has 0 saturated carbocycles. The van der Waals surface area contributed by atoms with E-state index in [4.69, 9.17) is 9.47 Å². The number of carbonyl (C=O) groups excluding carboxylic acids is 2. The zero-order valence-corrected chi connectivity index (χ0v) is 27.4. The van der Waals surface area contributed by atoms with Gasteiger partial charge in [-0.1, -0.05) is 72.8 Å². The Morgan fingerprint density at radius 1 is 0.800 bits per heavy atom. The molecule has 1 heterocycles. The van der Waals surface area contributed by atoms with E-state index in [9.17, 15) is 18.0 Å². The molecule has 1 aromatic heterocycles. The van der Waals surface area contributed by atoms with Crippen molar-refractivity contribution in [2.75, 3.05) is 0 Å². The fraction of sp³-hybridized carbons (Fsp3) is 0.343. The smallest absolute Gasteiger partial charge is 0.407 e. The second-order valence-corrected chi connectivity index (χ2v) is 14.6. The van der Waals surface area contributed by atoms with E-state index in [0.717, 1.165) is 5.56 Å². The number of pyridine rings is 1. The van der Waals surface area contributed by atoms with Gasteiger partial charge >= 0.3 is 12.1 Å². The van der Waals surface area contributed by atoms with Crippen LogP contribution in [0.3, 0.4) is 0 Å². The summed E-state index contributed by atoms with van der Waals surface area (Å²) in [7, 11) is -4.36. The van der Waals surface area contributed by atoms with Crippen LogP contribution in [0.4, 0.5) is 4.79 Å². The molecule has 1 N–H and O–H groups in total.